The molecule has 0 atom stereocenters. The number of nitrogens with zero attached hydrogens (tertiary/aromatic N) is 1. The molecular weight excluding hydrogens is 410 g/mol. The summed E-state index contributed by atoms with van der Waals surface area (Å²) in [5.41, 5.74) is 0.516. The lowest BCUT2D eigenvalue weighted by Gasteiger charge is -1.94. The molecule has 0 radical (unpaired) electrons. The molecule has 3 rings (SSSR count). The van der Waals surface area contributed by atoms with E-state index in [1.165, 1.54) is 6.07 Å². The van der Waals surface area contributed by atoms with Gasteiger partial charge in [-0.05, 0) is 40.2 Å². The molecule has 1 aromatic carbocycles. The number of benzene rings is 1. The summed E-state index contributed by atoms with van der Waals surface area (Å²) >= 11 is 6.69. The molecule has 0 bridgehead atoms. The van der Waals surface area contributed by atoms with Gasteiger partial charge in [-0.2, -0.15) is 0 Å². The average Bonchev–Trinajstić information content (AvgIpc) is 3.04. The van der Waals surface area contributed by atoms with Crippen molar-refractivity contribution in [1.29, 1.82) is 0 Å². The first-order valence-electron chi connectivity index (χ1n) is 5.63. The third-order valence-electron chi connectivity index (χ3n) is 2.76. The van der Waals surface area contributed by atoms with E-state index in [0.29, 0.717) is 10.1 Å². The number of fused-ring (bicyclic) bond motifs is 1. The van der Waals surface area contributed by atoms with Gasteiger partial charge in [0.25, 0.3) is 5.78 Å². The van der Waals surface area contributed by atoms with Gasteiger partial charge in [-0.1, -0.05) is 15.9 Å². The minimum absolute atomic E-state index is 0.0491. The molecule has 0 fully saturated rings. The van der Waals surface area contributed by atoms with Crippen LogP contribution in [0, 0.1) is 10.1 Å². The van der Waals surface area contributed by atoms with Crippen LogP contribution >= 0.6 is 31.9 Å². The fourth-order valence-corrected chi connectivity index (χ4v) is 3.20. The second-order valence-corrected chi connectivity index (χ2v) is 5.91. The summed E-state index contributed by atoms with van der Waals surface area (Å²) in [6.45, 7) is 0. The normalized spacial score (nSPS) is 11.0. The van der Waals surface area contributed by atoms with Gasteiger partial charge in [-0.15, -0.1) is 0 Å². The molecule has 3 aromatic rings. The Morgan fingerprint density at radius 2 is 1.86 bits per heavy atom. The number of carbonyl (C=O) groups is 1. The van der Waals surface area contributed by atoms with Gasteiger partial charge in [0, 0.05) is 9.86 Å². The van der Waals surface area contributed by atoms with E-state index in [2.05, 4.69) is 31.9 Å². The summed E-state index contributed by atoms with van der Waals surface area (Å²) in [7, 11) is 0. The zero-order valence-corrected chi connectivity index (χ0v) is 13.3. The fourth-order valence-electron chi connectivity index (χ4n) is 1.86. The zero-order chi connectivity index (χ0) is 15.1. The number of hydrogen-bond donors (Lipinski definition) is 0. The van der Waals surface area contributed by atoms with Gasteiger partial charge in [-0.3, -0.25) is 14.9 Å². The molecule has 0 aliphatic carbocycles. The van der Waals surface area contributed by atoms with Crippen LogP contribution in [0.5, 0.6) is 0 Å². The van der Waals surface area contributed by atoms with E-state index in [1.807, 2.05) is 0 Å². The van der Waals surface area contributed by atoms with Crippen LogP contribution in [-0.2, 0) is 0 Å². The maximum absolute atomic E-state index is 12.2. The second-order valence-electron chi connectivity index (χ2n) is 4.14. The lowest BCUT2D eigenvalue weighted by molar-refractivity contribution is -0.402. The highest BCUT2D eigenvalue weighted by Crippen LogP contribution is 2.32. The summed E-state index contributed by atoms with van der Waals surface area (Å²) in [6.07, 6.45) is 0. The van der Waals surface area contributed by atoms with Gasteiger partial charge in [0.15, 0.2) is 11.5 Å². The number of nitro groups is 1. The van der Waals surface area contributed by atoms with Crippen LogP contribution < -0.4 is 0 Å². The highest BCUT2D eigenvalue weighted by Gasteiger charge is 2.22. The minimum Gasteiger partial charge on any atom is -0.451 e. The Bertz CT molecular complexity index is 880. The van der Waals surface area contributed by atoms with E-state index in [0.717, 1.165) is 15.9 Å². The molecule has 0 saturated carbocycles. The Kier molecular flexibility index (Phi) is 3.42. The molecule has 2 heterocycles. The van der Waals surface area contributed by atoms with Gasteiger partial charge in [0.2, 0.25) is 0 Å². The molecule has 8 heteroatoms. The van der Waals surface area contributed by atoms with Crippen LogP contribution in [0.1, 0.15) is 16.3 Å². The SMILES string of the molecule is O=C(c1ccc([N+](=O)[O-])o1)c1cc2cc(Br)cc(Br)c2o1. The quantitative estimate of drug-likeness (QED) is 0.352. The van der Waals surface area contributed by atoms with Crippen molar-refractivity contribution in [2.75, 3.05) is 0 Å². The average molecular weight is 415 g/mol. The van der Waals surface area contributed by atoms with Gasteiger partial charge in [-0.25, -0.2) is 0 Å². The van der Waals surface area contributed by atoms with Crippen molar-refractivity contribution in [3.63, 3.8) is 0 Å². The minimum atomic E-state index is -0.705. The fraction of sp³-hybridized carbons (Fsp3) is 0. The summed E-state index contributed by atoms with van der Waals surface area (Å²) < 4.78 is 11.9. The lowest BCUT2D eigenvalue weighted by Crippen LogP contribution is -1.97. The van der Waals surface area contributed by atoms with Crippen LogP contribution in [0.2, 0.25) is 0 Å². The number of furan rings is 2. The number of hydrogen-bond acceptors (Lipinski definition) is 5. The molecule has 2 aromatic heterocycles. The van der Waals surface area contributed by atoms with Crippen LogP contribution in [0.15, 0.2) is 48.1 Å². The molecule has 106 valence electrons. The van der Waals surface area contributed by atoms with E-state index in [4.69, 9.17) is 8.83 Å². The predicted octanol–water partition coefficient (Wildman–Crippen LogP) is 4.69. The highest BCUT2D eigenvalue weighted by molar-refractivity contribution is 9.11. The molecule has 0 aliphatic rings. The summed E-state index contributed by atoms with van der Waals surface area (Å²) in [5.74, 6) is -1.13. The van der Waals surface area contributed by atoms with Crippen LogP contribution in [0.3, 0.4) is 0 Å². The highest BCUT2D eigenvalue weighted by atomic mass is 79.9. The van der Waals surface area contributed by atoms with Crippen molar-refractivity contribution in [2.45, 2.75) is 0 Å². The first-order valence-corrected chi connectivity index (χ1v) is 7.22. The number of carbonyl (C=O) groups excluding carboxylic acids is 1. The van der Waals surface area contributed by atoms with E-state index < -0.39 is 16.6 Å². The number of ketones is 1. The van der Waals surface area contributed by atoms with E-state index in [-0.39, 0.29) is 11.5 Å². The van der Waals surface area contributed by atoms with E-state index in [1.54, 1.807) is 18.2 Å². The molecular formula is C13H5Br2NO5. The molecule has 0 N–H and O–H groups in total. The topological polar surface area (TPSA) is 86.5 Å². The van der Waals surface area contributed by atoms with Crippen molar-refractivity contribution in [3.8, 4) is 0 Å². The standard InChI is InChI=1S/C13H5Br2NO5/c14-7-3-6-4-10(21-13(6)8(15)5-7)12(17)9-1-2-11(20-9)16(18)19/h1-5H. The van der Waals surface area contributed by atoms with Gasteiger partial charge < -0.3 is 8.83 Å². The summed E-state index contributed by atoms with van der Waals surface area (Å²) in [6, 6.07) is 7.52. The Balaban J connectivity index is 2.05. The first-order chi connectivity index (χ1) is 9.95. The Morgan fingerprint density at radius 3 is 2.52 bits per heavy atom. The molecule has 0 spiro atoms. The van der Waals surface area contributed by atoms with E-state index >= 15 is 0 Å². The third-order valence-corrected chi connectivity index (χ3v) is 3.80. The lowest BCUT2D eigenvalue weighted by atomic mass is 10.2. The van der Waals surface area contributed by atoms with Crippen LogP contribution in [0.25, 0.3) is 11.0 Å². The molecule has 0 aliphatic heterocycles. The van der Waals surface area contributed by atoms with Crippen molar-refractivity contribution < 1.29 is 18.6 Å². The molecule has 21 heavy (non-hydrogen) atoms. The van der Waals surface area contributed by atoms with Gasteiger partial charge in [0.1, 0.15) is 10.5 Å². The van der Waals surface area contributed by atoms with E-state index in [9.17, 15) is 14.9 Å². The smallest absolute Gasteiger partial charge is 0.433 e. The maximum atomic E-state index is 12.2. The maximum Gasteiger partial charge on any atom is 0.433 e. The van der Waals surface area contributed by atoms with Crippen molar-refractivity contribution in [2.24, 2.45) is 0 Å². The largest absolute Gasteiger partial charge is 0.451 e. The van der Waals surface area contributed by atoms with Gasteiger partial charge >= 0.3 is 5.88 Å². The summed E-state index contributed by atoms with van der Waals surface area (Å²) in [5, 5.41) is 11.3. The monoisotopic (exact) mass is 413 g/mol. The van der Waals surface area contributed by atoms with Crippen molar-refractivity contribution >= 4 is 54.5 Å². The molecule has 0 saturated heterocycles. The Labute approximate surface area is 134 Å². The van der Waals surface area contributed by atoms with Crippen LogP contribution in [0.4, 0.5) is 5.88 Å². The Hall–Kier alpha value is -1.93. The van der Waals surface area contributed by atoms with Crippen LogP contribution in [-0.4, -0.2) is 10.7 Å². The molecule has 0 amide bonds. The van der Waals surface area contributed by atoms with Crippen molar-refractivity contribution in [3.05, 3.63) is 60.9 Å². The molecule has 6 nitrogen and oxygen atoms in total. The molecule has 0 unspecified atom stereocenters. The number of halogens is 2. The third kappa shape index (κ3) is 2.52. The zero-order valence-electron chi connectivity index (χ0n) is 10.1. The first kappa shape index (κ1) is 14.0. The summed E-state index contributed by atoms with van der Waals surface area (Å²) in [4.78, 5) is 22.1. The second kappa shape index (κ2) is 5.12. The van der Waals surface area contributed by atoms with Gasteiger partial charge in [0.05, 0.1) is 10.5 Å². The Morgan fingerprint density at radius 1 is 1.10 bits per heavy atom. The predicted molar refractivity (Wildman–Crippen MR) is 80.4 cm³/mol. The van der Waals surface area contributed by atoms with Crippen molar-refractivity contribution in [1.82, 2.24) is 0 Å². The number of rotatable bonds is 3.